The zero-order valence-electron chi connectivity index (χ0n) is 13.2. The average Bonchev–Trinajstić information content (AvgIpc) is 2.50. The molecule has 0 bridgehead atoms. The third-order valence-corrected chi connectivity index (χ3v) is 4.49. The van der Waals surface area contributed by atoms with Crippen LogP contribution in [0.3, 0.4) is 0 Å². The summed E-state index contributed by atoms with van der Waals surface area (Å²) in [6.45, 7) is 6.55. The zero-order chi connectivity index (χ0) is 15.2. The fourth-order valence-electron chi connectivity index (χ4n) is 2.95. The third kappa shape index (κ3) is 4.00. The van der Waals surface area contributed by atoms with Gasteiger partial charge < -0.3 is 9.84 Å². The molecule has 3 nitrogen and oxygen atoms in total. The summed E-state index contributed by atoms with van der Waals surface area (Å²) in [6.07, 6.45) is 2.57. The fourth-order valence-corrected chi connectivity index (χ4v) is 2.95. The highest BCUT2D eigenvalue weighted by molar-refractivity contribution is 5.45. The van der Waals surface area contributed by atoms with Crippen LogP contribution in [-0.4, -0.2) is 36.3 Å². The SMILES string of the molecule is COc1ccc(C#CCO)c(CN2CCCC(C)C2C)c1. The van der Waals surface area contributed by atoms with E-state index in [-0.39, 0.29) is 6.61 Å². The van der Waals surface area contributed by atoms with Gasteiger partial charge >= 0.3 is 0 Å². The Labute approximate surface area is 127 Å². The Hall–Kier alpha value is -1.50. The van der Waals surface area contributed by atoms with Crippen molar-refractivity contribution in [3.8, 4) is 17.6 Å². The van der Waals surface area contributed by atoms with E-state index >= 15 is 0 Å². The van der Waals surface area contributed by atoms with Crippen LogP contribution in [0.1, 0.15) is 37.8 Å². The molecule has 1 N–H and O–H groups in total. The molecule has 0 radical (unpaired) electrons. The van der Waals surface area contributed by atoms with Gasteiger partial charge in [0.25, 0.3) is 0 Å². The molecule has 1 fully saturated rings. The number of hydrogen-bond acceptors (Lipinski definition) is 3. The van der Waals surface area contributed by atoms with Crippen molar-refractivity contribution in [2.75, 3.05) is 20.3 Å². The van der Waals surface area contributed by atoms with Crippen LogP contribution in [-0.2, 0) is 6.54 Å². The van der Waals surface area contributed by atoms with E-state index in [0.29, 0.717) is 6.04 Å². The van der Waals surface area contributed by atoms with Gasteiger partial charge in [0.1, 0.15) is 12.4 Å². The van der Waals surface area contributed by atoms with E-state index in [1.807, 2.05) is 12.1 Å². The highest BCUT2D eigenvalue weighted by Gasteiger charge is 2.25. The summed E-state index contributed by atoms with van der Waals surface area (Å²) in [4.78, 5) is 2.52. The van der Waals surface area contributed by atoms with Crippen LogP contribution in [0.2, 0.25) is 0 Å². The van der Waals surface area contributed by atoms with Crippen molar-refractivity contribution in [3.05, 3.63) is 29.3 Å². The van der Waals surface area contributed by atoms with Crippen molar-refractivity contribution in [1.29, 1.82) is 0 Å². The first-order valence-corrected chi connectivity index (χ1v) is 7.66. The van der Waals surface area contributed by atoms with Crippen LogP contribution in [0.15, 0.2) is 18.2 Å². The Morgan fingerprint density at radius 3 is 2.90 bits per heavy atom. The van der Waals surface area contributed by atoms with Crippen LogP contribution in [0.4, 0.5) is 0 Å². The van der Waals surface area contributed by atoms with Gasteiger partial charge in [-0.15, -0.1) is 0 Å². The summed E-state index contributed by atoms with van der Waals surface area (Å²) < 4.78 is 5.34. The topological polar surface area (TPSA) is 32.7 Å². The second-order valence-corrected chi connectivity index (χ2v) is 5.81. The number of benzene rings is 1. The minimum absolute atomic E-state index is 0.109. The standard InChI is InChI=1S/C18H25NO2/c1-14-6-4-10-19(15(14)2)13-17-12-18(21-3)9-8-16(17)7-5-11-20/h8-9,12,14-15,20H,4,6,10-11,13H2,1-3H3. The molecule has 21 heavy (non-hydrogen) atoms. The first kappa shape index (κ1) is 15.9. The number of aliphatic hydroxyl groups excluding tert-OH is 1. The summed E-state index contributed by atoms with van der Waals surface area (Å²) >= 11 is 0. The lowest BCUT2D eigenvalue weighted by atomic mass is 9.91. The molecule has 2 rings (SSSR count). The molecule has 0 amide bonds. The Balaban J connectivity index is 2.24. The van der Waals surface area contributed by atoms with Gasteiger partial charge in [-0.05, 0) is 56.0 Å². The average molecular weight is 287 g/mol. The monoisotopic (exact) mass is 287 g/mol. The Morgan fingerprint density at radius 1 is 1.38 bits per heavy atom. The van der Waals surface area contributed by atoms with Gasteiger partial charge in [-0.25, -0.2) is 0 Å². The molecular formula is C18H25NO2. The van der Waals surface area contributed by atoms with Gasteiger partial charge in [0, 0.05) is 18.2 Å². The van der Waals surface area contributed by atoms with E-state index in [4.69, 9.17) is 9.84 Å². The largest absolute Gasteiger partial charge is 0.497 e. The van der Waals surface area contributed by atoms with Crippen molar-refractivity contribution < 1.29 is 9.84 Å². The zero-order valence-corrected chi connectivity index (χ0v) is 13.2. The number of methoxy groups -OCH3 is 1. The third-order valence-electron chi connectivity index (χ3n) is 4.49. The highest BCUT2D eigenvalue weighted by atomic mass is 16.5. The van der Waals surface area contributed by atoms with Crippen molar-refractivity contribution in [2.45, 2.75) is 39.3 Å². The minimum Gasteiger partial charge on any atom is -0.497 e. The van der Waals surface area contributed by atoms with Crippen molar-refractivity contribution in [3.63, 3.8) is 0 Å². The number of aliphatic hydroxyl groups is 1. The summed E-state index contributed by atoms with van der Waals surface area (Å²) in [5, 5.41) is 8.91. The maximum absolute atomic E-state index is 8.91. The van der Waals surface area contributed by atoms with Crippen LogP contribution in [0.5, 0.6) is 5.75 Å². The molecule has 3 heteroatoms. The molecular weight excluding hydrogens is 262 g/mol. The van der Waals surface area contributed by atoms with E-state index in [1.54, 1.807) is 7.11 Å². The van der Waals surface area contributed by atoms with Crippen LogP contribution >= 0.6 is 0 Å². The minimum atomic E-state index is -0.109. The van der Waals surface area contributed by atoms with Crippen LogP contribution in [0, 0.1) is 17.8 Å². The second kappa shape index (κ2) is 7.49. The molecule has 1 aliphatic heterocycles. The number of hydrogen-bond donors (Lipinski definition) is 1. The molecule has 1 saturated heterocycles. The van der Waals surface area contributed by atoms with E-state index in [1.165, 1.54) is 18.4 Å². The van der Waals surface area contributed by atoms with E-state index in [0.717, 1.165) is 30.3 Å². The van der Waals surface area contributed by atoms with E-state index in [2.05, 4.69) is 36.7 Å². The molecule has 0 aliphatic carbocycles. The first-order valence-electron chi connectivity index (χ1n) is 7.66. The number of ether oxygens (including phenoxy) is 1. The molecule has 0 saturated carbocycles. The highest BCUT2D eigenvalue weighted by Crippen LogP contribution is 2.26. The predicted molar refractivity (Wildman–Crippen MR) is 85.2 cm³/mol. The quantitative estimate of drug-likeness (QED) is 0.868. The van der Waals surface area contributed by atoms with Gasteiger partial charge in [0.2, 0.25) is 0 Å². The van der Waals surface area contributed by atoms with E-state index in [9.17, 15) is 0 Å². The number of nitrogens with zero attached hydrogens (tertiary/aromatic N) is 1. The summed E-state index contributed by atoms with van der Waals surface area (Å²) in [5.41, 5.74) is 2.16. The van der Waals surface area contributed by atoms with Gasteiger partial charge in [0.05, 0.1) is 7.11 Å². The first-order chi connectivity index (χ1) is 10.2. The van der Waals surface area contributed by atoms with Crippen molar-refractivity contribution in [2.24, 2.45) is 5.92 Å². The molecule has 2 unspecified atom stereocenters. The van der Waals surface area contributed by atoms with Crippen molar-refractivity contribution >= 4 is 0 Å². The molecule has 1 heterocycles. The van der Waals surface area contributed by atoms with Crippen molar-refractivity contribution in [1.82, 2.24) is 4.90 Å². The van der Waals surface area contributed by atoms with E-state index < -0.39 is 0 Å². The smallest absolute Gasteiger partial charge is 0.119 e. The van der Waals surface area contributed by atoms with Crippen LogP contribution in [0.25, 0.3) is 0 Å². The number of likely N-dealkylation sites (tertiary alicyclic amines) is 1. The lowest BCUT2D eigenvalue weighted by Gasteiger charge is -2.38. The van der Waals surface area contributed by atoms with Crippen LogP contribution < -0.4 is 4.74 Å². The summed E-state index contributed by atoms with van der Waals surface area (Å²) in [7, 11) is 1.68. The summed E-state index contributed by atoms with van der Waals surface area (Å²) in [6, 6.07) is 6.55. The van der Waals surface area contributed by atoms with Gasteiger partial charge in [-0.3, -0.25) is 4.90 Å². The fraction of sp³-hybridized carbons (Fsp3) is 0.556. The van der Waals surface area contributed by atoms with Gasteiger partial charge in [0.15, 0.2) is 0 Å². The Bertz CT molecular complexity index is 530. The lowest BCUT2D eigenvalue weighted by molar-refractivity contribution is 0.106. The second-order valence-electron chi connectivity index (χ2n) is 5.81. The number of piperidine rings is 1. The lowest BCUT2D eigenvalue weighted by Crippen LogP contribution is -2.41. The van der Waals surface area contributed by atoms with Gasteiger partial charge in [-0.2, -0.15) is 0 Å². The Kier molecular flexibility index (Phi) is 5.67. The molecule has 1 aromatic carbocycles. The molecule has 1 aliphatic rings. The predicted octanol–water partition coefficient (Wildman–Crippen LogP) is 2.66. The Morgan fingerprint density at radius 2 is 2.19 bits per heavy atom. The maximum atomic E-state index is 8.91. The molecule has 0 aromatic heterocycles. The molecule has 1 aromatic rings. The molecule has 0 spiro atoms. The maximum Gasteiger partial charge on any atom is 0.119 e. The molecule has 114 valence electrons. The summed E-state index contributed by atoms with van der Waals surface area (Å²) in [5.74, 6) is 7.38. The van der Waals surface area contributed by atoms with Gasteiger partial charge in [-0.1, -0.05) is 18.8 Å². The normalized spacial score (nSPS) is 22.5. The molecule has 2 atom stereocenters. The number of rotatable bonds is 3.